The molecule has 2 fully saturated rings. The normalized spacial score (nSPS) is 21.4. The molecular weight excluding hydrogens is 829 g/mol. The number of esters is 1. The van der Waals surface area contributed by atoms with E-state index in [0.717, 1.165) is 38.9 Å². The number of benzene rings is 2. The third kappa shape index (κ3) is 10.2. The minimum atomic E-state index is -1.17. The van der Waals surface area contributed by atoms with Gasteiger partial charge in [0.05, 0.1) is 25.5 Å². The average Bonchev–Trinajstić information content (AvgIpc) is 3.93. The van der Waals surface area contributed by atoms with Crippen LogP contribution in [0.2, 0.25) is 0 Å². The van der Waals surface area contributed by atoms with Crippen molar-refractivity contribution in [3.8, 4) is 28.1 Å². The number of cyclic esters (lactones) is 1. The molecule has 2 aromatic heterocycles. The lowest BCUT2D eigenvalue weighted by Gasteiger charge is -2.37. The molecule has 3 N–H and O–H groups in total. The standard InChI is InChI=1S/C49H64N8O8/c1-10-56-40-14-13-31-22-35(40)36(44(56)37-24-50-16-15-32(37)27-64-9)23-49(4,5)28-65-48(63)38-12-11-17-57(52-38)46(61)39(20-30-18-33(31)21-34(58)19-30)51-45(60)43(29(2)3)55(8)42(59)26-54(7)47(62)41-25-53(41)6/h13-16,18-19,21-22,24,29,38-39,41,43,52,58H,10-12,17,20,23,25-28H2,1-9H3,(H,51,60)/t38-,39-,41+,43-,53?/m0/s1. The summed E-state index contributed by atoms with van der Waals surface area (Å²) in [5.41, 5.74) is 9.69. The van der Waals surface area contributed by atoms with Crippen LogP contribution < -0.4 is 10.7 Å². The lowest BCUT2D eigenvalue weighted by molar-refractivity contribution is -0.155. The molecule has 2 aromatic carbocycles. The monoisotopic (exact) mass is 892 g/mol. The van der Waals surface area contributed by atoms with Gasteiger partial charge in [0.2, 0.25) is 17.7 Å². The number of nitrogens with zero attached hydrogens (tertiary/aromatic N) is 6. The zero-order valence-corrected chi connectivity index (χ0v) is 39.1. The molecule has 16 heteroatoms. The zero-order valence-electron chi connectivity index (χ0n) is 39.1. The van der Waals surface area contributed by atoms with Crippen LogP contribution in [0.3, 0.4) is 0 Å². The fraction of sp³-hybridized carbons (Fsp3) is 0.510. The maximum absolute atomic E-state index is 14.7. The second kappa shape index (κ2) is 19.3. The van der Waals surface area contributed by atoms with Crippen LogP contribution in [0.5, 0.6) is 5.75 Å². The fourth-order valence-corrected chi connectivity index (χ4v) is 9.41. The van der Waals surface area contributed by atoms with E-state index in [9.17, 15) is 29.1 Å². The number of hydrogen-bond donors (Lipinski definition) is 3. The van der Waals surface area contributed by atoms with E-state index < -0.39 is 47.2 Å². The Kier molecular flexibility index (Phi) is 14.0. The number of aryl methyl sites for hydroxylation is 1. The molecule has 65 heavy (non-hydrogen) atoms. The number of fused-ring (bicyclic) bond motifs is 6. The van der Waals surface area contributed by atoms with Gasteiger partial charge >= 0.3 is 5.97 Å². The van der Waals surface area contributed by atoms with Gasteiger partial charge in [0.25, 0.3) is 5.91 Å². The smallest absolute Gasteiger partial charge is 0.324 e. The van der Waals surface area contributed by atoms with Crippen molar-refractivity contribution in [2.75, 3.05) is 54.5 Å². The lowest BCUT2D eigenvalue weighted by atomic mass is 9.84. The maximum atomic E-state index is 14.7. The highest BCUT2D eigenvalue weighted by atomic mass is 16.5. The van der Waals surface area contributed by atoms with Crippen LogP contribution in [0.25, 0.3) is 33.3 Å². The van der Waals surface area contributed by atoms with Gasteiger partial charge in [-0.15, -0.1) is 0 Å². The molecule has 16 nitrogen and oxygen atoms in total. The van der Waals surface area contributed by atoms with E-state index in [-0.39, 0.29) is 49.7 Å². The van der Waals surface area contributed by atoms with Gasteiger partial charge in [-0.2, -0.15) is 0 Å². The Morgan fingerprint density at radius 3 is 2.54 bits per heavy atom. The number of hydrazine groups is 1. The zero-order chi connectivity index (χ0) is 46.9. The molecule has 3 aliphatic rings. The molecule has 0 saturated carbocycles. The Bertz CT molecular complexity index is 2470. The summed E-state index contributed by atoms with van der Waals surface area (Å²) in [5, 5.41) is 16.6. The summed E-state index contributed by atoms with van der Waals surface area (Å²) in [6, 6.07) is 10.1. The topological polar surface area (TPSA) is 179 Å². The number of amides is 4. The first-order chi connectivity index (χ1) is 30.9. The van der Waals surface area contributed by atoms with Crippen LogP contribution in [0.15, 0.2) is 54.9 Å². The van der Waals surface area contributed by atoms with Crippen molar-refractivity contribution in [3.63, 3.8) is 0 Å². The van der Waals surface area contributed by atoms with E-state index in [1.54, 1.807) is 32.5 Å². The molecule has 4 amide bonds. The number of pyridine rings is 1. The second-order valence-electron chi connectivity index (χ2n) is 19.0. The Morgan fingerprint density at radius 1 is 1.09 bits per heavy atom. The van der Waals surface area contributed by atoms with Crippen LogP contribution in [0.1, 0.15) is 64.2 Å². The molecule has 0 aliphatic carbocycles. The molecule has 0 spiro atoms. The van der Waals surface area contributed by atoms with E-state index >= 15 is 0 Å². The Labute approximate surface area is 381 Å². The number of methoxy groups -OCH3 is 1. The molecule has 5 atom stereocenters. The van der Waals surface area contributed by atoms with Gasteiger partial charge in [0.15, 0.2) is 0 Å². The van der Waals surface area contributed by atoms with Gasteiger partial charge < -0.3 is 34.3 Å². The number of phenolic OH excluding ortho intramolecular Hbond substituents is 1. The first-order valence-electron chi connectivity index (χ1n) is 22.6. The number of nitrogens with one attached hydrogen (secondary N) is 2. The van der Waals surface area contributed by atoms with E-state index in [1.165, 1.54) is 21.9 Å². The number of carbonyl (C=O) groups excluding carboxylic acids is 5. The highest BCUT2D eigenvalue weighted by Gasteiger charge is 2.41. The molecule has 2 saturated heterocycles. The Balaban J connectivity index is 1.29. The molecule has 1 unspecified atom stereocenters. The molecule has 348 valence electrons. The third-order valence-electron chi connectivity index (χ3n) is 12.9. The van der Waals surface area contributed by atoms with Crippen molar-refractivity contribution in [3.05, 3.63) is 71.5 Å². The summed E-state index contributed by atoms with van der Waals surface area (Å²) in [5.74, 6) is -2.51. The minimum absolute atomic E-state index is 0.0161. The Hall–Kier alpha value is -5.84. The number of phenols is 1. The van der Waals surface area contributed by atoms with Crippen molar-refractivity contribution >= 4 is 40.5 Å². The molecule has 7 rings (SSSR count). The molecule has 0 radical (unpaired) electrons. The van der Waals surface area contributed by atoms with Crippen LogP contribution in [0.4, 0.5) is 0 Å². The quantitative estimate of drug-likeness (QED) is 0.146. The molecule has 4 aromatic rings. The minimum Gasteiger partial charge on any atom is -0.508 e. The second-order valence-corrected chi connectivity index (χ2v) is 19.0. The van der Waals surface area contributed by atoms with Gasteiger partial charge in [-0.25, -0.2) is 5.43 Å². The van der Waals surface area contributed by atoms with Gasteiger partial charge in [0, 0.05) is 81.5 Å². The number of rotatable bonds is 11. The molecule has 6 bridgehead atoms. The Morgan fingerprint density at radius 2 is 1.85 bits per heavy atom. The van der Waals surface area contributed by atoms with Gasteiger partial charge in [-0.1, -0.05) is 39.8 Å². The fourth-order valence-electron chi connectivity index (χ4n) is 9.41. The van der Waals surface area contributed by atoms with E-state index in [0.29, 0.717) is 50.1 Å². The summed E-state index contributed by atoms with van der Waals surface area (Å²) < 4.78 is 14.0. The third-order valence-corrected chi connectivity index (χ3v) is 12.9. The van der Waals surface area contributed by atoms with Crippen molar-refractivity contribution in [2.24, 2.45) is 11.3 Å². The first kappa shape index (κ1) is 47.1. The van der Waals surface area contributed by atoms with E-state index in [1.807, 2.05) is 50.2 Å². The van der Waals surface area contributed by atoms with Crippen LogP contribution >= 0.6 is 0 Å². The van der Waals surface area contributed by atoms with Gasteiger partial charge in [0.1, 0.15) is 29.9 Å². The van der Waals surface area contributed by atoms with E-state index in [2.05, 4.69) is 53.2 Å². The van der Waals surface area contributed by atoms with Crippen LogP contribution in [-0.4, -0.2) is 143 Å². The number of carbonyl (C=O) groups is 5. The molecule has 3 aliphatic heterocycles. The van der Waals surface area contributed by atoms with Gasteiger partial charge in [-0.3, -0.25) is 38.9 Å². The van der Waals surface area contributed by atoms with Crippen molar-refractivity contribution in [1.82, 2.24) is 40.0 Å². The lowest BCUT2D eigenvalue weighted by Crippen LogP contribution is -2.62. The highest BCUT2D eigenvalue weighted by Crippen LogP contribution is 2.41. The number of hydrogen-bond acceptors (Lipinski definition) is 11. The number of likely N-dealkylation sites (N-methyl/N-ethyl adjacent to an activating group) is 3. The van der Waals surface area contributed by atoms with Crippen LogP contribution in [-0.2, 0) is 59.4 Å². The van der Waals surface area contributed by atoms with Crippen LogP contribution in [0, 0.1) is 11.3 Å². The van der Waals surface area contributed by atoms with Crippen molar-refractivity contribution < 1.29 is 38.6 Å². The number of aromatic hydroxyl groups is 1. The summed E-state index contributed by atoms with van der Waals surface area (Å²) in [6.07, 6.45) is 5.10. The predicted molar refractivity (Wildman–Crippen MR) is 246 cm³/mol. The van der Waals surface area contributed by atoms with Crippen molar-refractivity contribution in [2.45, 2.75) is 97.6 Å². The maximum Gasteiger partial charge on any atom is 0.324 e. The number of aromatic nitrogens is 2. The summed E-state index contributed by atoms with van der Waals surface area (Å²) in [7, 11) is 6.60. The summed E-state index contributed by atoms with van der Waals surface area (Å²) in [6.45, 7) is 11.7. The summed E-state index contributed by atoms with van der Waals surface area (Å²) >= 11 is 0. The van der Waals surface area contributed by atoms with Crippen molar-refractivity contribution in [1.29, 1.82) is 0 Å². The molecule has 5 heterocycles. The molecular formula is C49H64N8O8. The number of ether oxygens (including phenoxy) is 2. The SMILES string of the molecule is CCn1c(-c2cnccc2COC)c2c3cc(ccc31)-c1cc(O)cc(c1)C[C@H](NC(=O)[C@H](C(C)C)N(C)C(=O)CN(C)C(=O)[C@H]1CN1C)C(=O)N1CCC[C@H](N1)C(=O)OCC(C)(C)C2. The van der Waals surface area contributed by atoms with E-state index in [4.69, 9.17) is 9.47 Å². The largest absolute Gasteiger partial charge is 0.508 e. The summed E-state index contributed by atoms with van der Waals surface area (Å²) in [4.78, 5) is 78.6. The predicted octanol–water partition coefficient (Wildman–Crippen LogP) is 4.15. The van der Waals surface area contributed by atoms with Gasteiger partial charge in [-0.05, 0) is 97.3 Å². The first-order valence-corrected chi connectivity index (χ1v) is 22.6. The average molecular weight is 893 g/mol. The highest BCUT2D eigenvalue weighted by molar-refractivity contribution is 5.96.